The standard InChI is InChI=1S/C22H28BNO2.C16H16BrN.C12H24B2O4.C2H4O2.K/c1-15(2)14-24-19-10-8-7-9-17(19)18-12-11-16(13-20(18)24)23-25-21(3,4)22(5,6)26-23;1-11(2)10-18-15-6-4-3-5-13(15)14-8-7-12(17)9-16(14)18;1-9(2)10(3,4)16-13(15-9)14-17-11(5,6)12(7,8)18-14;1-2(3)4;/h7-13,15H,14H2,1-6H3;3-9,11H,10H2,1-2H3;1-8H3;1H3,(H,3,4);/q;;;;+1/p-1. The first-order valence-corrected chi connectivity index (χ1v) is 24.2. The number of hydrogen-bond acceptors (Lipinski definition) is 8. The maximum atomic E-state index is 8.89. The maximum absolute atomic E-state index is 8.89. The second-order valence-corrected chi connectivity index (χ2v) is 22.7. The molecule has 5 heterocycles. The average Bonchev–Trinajstić information content (AvgIpc) is 3.88. The molecule has 0 atom stereocenters. The van der Waals surface area contributed by atoms with Gasteiger partial charge in [0, 0.05) is 61.6 Å². The zero-order valence-corrected chi connectivity index (χ0v) is 48.1. The summed E-state index contributed by atoms with van der Waals surface area (Å²) in [6.07, 6.45) is 0. The van der Waals surface area contributed by atoms with Crippen molar-refractivity contribution in [3.63, 3.8) is 0 Å². The van der Waals surface area contributed by atoms with Gasteiger partial charge in [-0.05, 0) is 138 Å². The van der Waals surface area contributed by atoms with E-state index in [0.29, 0.717) is 11.8 Å². The molecular weight excluding hydrogens is 932 g/mol. The summed E-state index contributed by atoms with van der Waals surface area (Å²) in [6.45, 7) is 36.7. The predicted molar refractivity (Wildman–Crippen MR) is 275 cm³/mol. The summed E-state index contributed by atoms with van der Waals surface area (Å²) in [7, 11) is -1.28. The fourth-order valence-electron chi connectivity index (χ4n) is 8.34. The number of aliphatic carboxylic acids is 1. The minimum absolute atomic E-state index is 0. The van der Waals surface area contributed by atoms with Crippen LogP contribution in [0, 0.1) is 11.8 Å². The molecule has 354 valence electrons. The van der Waals surface area contributed by atoms with Crippen LogP contribution >= 0.6 is 15.9 Å². The number of carbonyl (C=O) groups is 1. The van der Waals surface area contributed by atoms with Crippen LogP contribution in [-0.4, -0.2) is 69.8 Å². The minimum atomic E-state index is -1.08. The van der Waals surface area contributed by atoms with Gasteiger partial charge in [0.2, 0.25) is 0 Å². The van der Waals surface area contributed by atoms with Crippen LogP contribution in [0.3, 0.4) is 0 Å². The van der Waals surface area contributed by atoms with Gasteiger partial charge < -0.3 is 47.0 Å². The molecule has 0 bridgehead atoms. The zero-order chi connectivity index (χ0) is 48.9. The number of hydrogen-bond donors (Lipinski definition) is 0. The molecule has 0 radical (unpaired) electrons. The van der Waals surface area contributed by atoms with Gasteiger partial charge in [-0.1, -0.05) is 98.2 Å². The van der Waals surface area contributed by atoms with Crippen molar-refractivity contribution in [2.45, 2.75) is 164 Å². The minimum Gasteiger partial charge on any atom is -0.550 e. The number of rotatable bonds is 6. The summed E-state index contributed by atoms with van der Waals surface area (Å²) in [6, 6.07) is 30.5. The summed E-state index contributed by atoms with van der Waals surface area (Å²) >= 11 is 3.58. The molecule has 0 aliphatic carbocycles. The van der Waals surface area contributed by atoms with E-state index in [1.165, 1.54) is 43.6 Å². The van der Waals surface area contributed by atoms with Crippen molar-refractivity contribution in [3.8, 4) is 0 Å². The summed E-state index contributed by atoms with van der Waals surface area (Å²) in [4.78, 5) is 8.89. The van der Waals surface area contributed by atoms with Gasteiger partial charge in [-0.15, -0.1) is 0 Å². The molecule has 67 heavy (non-hydrogen) atoms. The van der Waals surface area contributed by atoms with Crippen molar-refractivity contribution >= 4 is 92.1 Å². The number of para-hydroxylation sites is 2. The fourth-order valence-corrected chi connectivity index (χ4v) is 8.69. The zero-order valence-electron chi connectivity index (χ0n) is 43.4. The molecule has 0 N–H and O–H groups in total. The van der Waals surface area contributed by atoms with Crippen LogP contribution in [0.25, 0.3) is 43.6 Å². The summed E-state index contributed by atoms with van der Waals surface area (Å²) in [5.74, 6) is 0.137. The topological polar surface area (TPSA) is 105 Å². The van der Waals surface area contributed by atoms with Crippen LogP contribution in [0.15, 0.2) is 89.4 Å². The summed E-state index contributed by atoms with van der Waals surface area (Å²) in [5.41, 5.74) is 4.21. The van der Waals surface area contributed by atoms with E-state index in [0.717, 1.165) is 29.9 Å². The Labute approximate surface area is 451 Å². The van der Waals surface area contributed by atoms with Gasteiger partial charge in [-0.3, -0.25) is 0 Å². The Kier molecular flexibility index (Phi) is 17.5. The van der Waals surface area contributed by atoms with Crippen LogP contribution in [0.5, 0.6) is 0 Å². The van der Waals surface area contributed by atoms with Crippen LogP contribution in [0.2, 0.25) is 0 Å². The molecule has 6 aromatic rings. The second-order valence-electron chi connectivity index (χ2n) is 21.8. The molecule has 0 saturated carbocycles. The van der Waals surface area contributed by atoms with E-state index in [-0.39, 0.29) is 92.1 Å². The van der Waals surface area contributed by atoms with Gasteiger partial charge >= 0.3 is 72.5 Å². The molecule has 0 spiro atoms. The Balaban J connectivity index is 0.000000184. The van der Waals surface area contributed by atoms with Crippen molar-refractivity contribution in [1.29, 1.82) is 0 Å². The van der Waals surface area contributed by atoms with Gasteiger partial charge in [0.1, 0.15) is 0 Å². The third kappa shape index (κ3) is 12.0. The number of fused-ring (bicyclic) bond motifs is 6. The molecule has 3 fully saturated rings. The Morgan fingerprint density at radius 1 is 0.522 bits per heavy atom. The first-order valence-electron chi connectivity index (χ1n) is 23.4. The van der Waals surface area contributed by atoms with E-state index >= 15 is 0 Å². The predicted octanol–water partition coefficient (Wildman–Crippen LogP) is 7.97. The van der Waals surface area contributed by atoms with Crippen LogP contribution in [-0.2, 0) is 45.8 Å². The number of benzene rings is 4. The molecule has 3 aliphatic heterocycles. The molecule has 9 rings (SSSR count). The van der Waals surface area contributed by atoms with E-state index < -0.39 is 20.0 Å². The number of carboxylic acids is 1. The van der Waals surface area contributed by atoms with E-state index in [1.54, 1.807) is 0 Å². The van der Waals surface area contributed by atoms with Crippen molar-refractivity contribution < 1.29 is 89.2 Å². The third-order valence-electron chi connectivity index (χ3n) is 13.9. The van der Waals surface area contributed by atoms with Gasteiger partial charge in [-0.2, -0.15) is 0 Å². The van der Waals surface area contributed by atoms with E-state index in [4.69, 9.17) is 37.8 Å². The number of halogens is 1. The van der Waals surface area contributed by atoms with Gasteiger partial charge in [0.25, 0.3) is 0 Å². The third-order valence-corrected chi connectivity index (χ3v) is 14.4. The largest absolute Gasteiger partial charge is 1.00 e. The SMILES string of the molecule is CC(=O)[O-].CC(C)Cn1c2ccccc2c2ccc(B3OC(C)(C)C(C)(C)O3)cc21.CC(C)Cn1c2ccccc2c2ccc(Br)cc21.CC1(C)OB(B2OC(C)(C)C(C)(C)O2)OC1(C)C.[K+]. The Hall–Kier alpha value is -1.98. The number of carbonyl (C=O) groups excluding carboxylic acids is 1. The van der Waals surface area contributed by atoms with E-state index in [1.807, 2.05) is 55.4 Å². The maximum Gasteiger partial charge on any atom is 1.00 e. The Morgan fingerprint density at radius 3 is 1.21 bits per heavy atom. The van der Waals surface area contributed by atoms with Crippen molar-refractivity contribution in [1.82, 2.24) is 9.13 Å². The fraction of sp³-hybridized carbons (Fsp3) is 0.519. The smallest absolute Gasteiger partial charge is 0.550 e. The van der Waals surface area contributed by atoms with E-state index in [9.17, 15) is 0 Å². The first-order chi connectivity index (χ1) is 30.5. The molecular formula is C52H71B3BrKN2O8. The molecule has 3 saturated heterocycles. The van der Waals surface area contributed by atoms with Crippen molar-refractivity contribution in [2.24, 2.45) is 11.8 Å². The molecule has 10 nitrogen and oxygen atoms in total. The van der Waals surface area contributed by atoms with Gasteiger partial charge in [-0.25, -0.2) is 0 Å². The molecule has 0 amide bonds. The average molecular weight is 1000 g/mol. The molecule has 4 aromatic carbocycles. The van der Waals surface area contributed by atoms with Crippen LogP contribution < -0.4 is 62.0 Å². The Morgan fingerprint density at radius 2 is 0.836 bits per heavy atom. The van der Waals surface area contributed by atoms with Crippen LogP contribution in [0.4, 0.5) is 0 Å². The number of aromatic nitrogens is 2. The Bertz CT molecular complexity index is 2610. The van der Waals surface area contributed by atoms with Gasteiger partial charge in [0.05, 0.1) is 39.1 Å². The monoisotopic (exact) mass is 1000 g/mol. The molecule has 0 unspecified atom stereocenters. The number of nitrogens with zero attached hydrogens (tertiary/aromatic N) is 2. The number of carboxylic acid groups (broad SMARTS) is 1. The van der Waals surface area contributed by atoms with E-state index in [2.05, 4.69) is 165 Å². The van der Waals surface area contributed by atoms with Gasteiger partial charge in [0.15, 0.2) is 0 Å². The summed E-state index contributed by atoms with van der Waals surface area (Å²) in [5, 5.41) is 14.2. The summed E-state index contributed by atoms with van der Waals surface area (Å²) < 4.78 is 42.4. The van der Waals surface area contributed by atoms with Crippen LogP contribution in [0.1, 0.15) is 118 Å². The molecule has 2 aromatic heterocycles. The molecule has 3 aliphatic rings. The normalized spacial score (nSPS) is 19.6. The second kappa shape index (κ2) is 21.0. The van der Waals surface area contributed by atoms with Crippen molar-refractivity contribution in [2.75, 3.05) is 0 Å². The first kappa shape index (κ1) is 55.9. The molecule has 15 heteroatoms. The van der Waals surface area contributed by atoms with Crippen molar-refractivity contribution in [3.05, 3.63) is 89.4 Å². The quantitative estimate of drug-likeness (QED) is 0.155.